The lowest BCUT2D eigenvalue weighted by Crippen LogP contribution is -2.03. The van der Waals surface area contributed by atoms with Gasteiger partial charge >= 0.3 is 11.9 Å². The topological polar surface area (TPSA) is 80.3 Å². The molecule has 0 saturated carbocycles. The van der Waals surface area contributed by atoms with E-state index in [4.69, 9.17) is 18.9 Å². The van der Waals surface area contributed by atoms with Gasteiger partial charge in [0.2, 0.25) is 0 Å². The minimum atomic E-state index is -0.562. The van der Waals surface area contributed by atoms with Crippen LogP contribution in [0.1, 0.15) is 13.8 Å². The van der Waals surface area contributed by atoms with Crippen LogP contribution in [0, 0.1) is 0 Å². The number of carbonyl (C=O) groups is 2. The van der Waals surface area contributed by atoms with Gasteiger partial charge in [-0.25, -0.2) is 0 Å². The minimum absolute atomic E-state index is 0.500. The van der Waals surface area contributed by atoms with Crippen LogP contribution in [0.4, 0.5) is 0 Å². The van der Waals surface area contributed by atoms with Crippen LogP contribution in [0.25, 0.3) is 0 Å². The molecule has 2 fully saturated rings. The molecule has 2 rings (SSSR count). The molecular formula is C10H18O7. The lowest BCUT2D eigenvalue weighted by atomic mass is 10.7. The van der Waals surface area contributed by atoms with Crippen molar-refractivity contribution in [1.29, 1.82) is 0 Å². The largest absolute Gasteiger partial charge is 0.394 e. The summed E-state index contributed by atoms with van der Waals surface area (Å²) >= 11 is 0. The Morgan fingerprint density at radius 1 is 0.765 bits per heavy atom. The maximum absolute atomic E-state index is 9.81. The number of esters is 2. The first kappa shape index (κ1) is 16.0. The average Bonchev–Trinajstić information content (AvgIpc) is 2.96. The molecule has 17 heavy (non-hydrogen) atoms. The van der Waals surface area contributed by atoms with Crippen LogP contribution in [0.2, 0.25) is 0 Å². The maximum Gasteiger partial charge on any atom is 0.310 e. The molecule has 2 aliphatic heterocycles. The first-order valence-corrected chi connectivity index (χ1v) is 5.13. The predicted molar refractivity (Wildman–Crippen MR) is 56.0 cm³/mol. The zero-order chi connectivity index (χ0) is 12.9. The van der Waals surface area contributed by atoms with Gasteiger partial charge in [0.1, 0.15) is 13.6 Å². The Morgan fingerprint density at radius 2 is 1.06 bits per heavy atom. The van der Waals surface area contributed by atoms with E-state index in [1.54, 1.807) is 0 Å². The zero-order valence-corrected chi connectivity index (χ0v) is 10.1. The lowest BCUT2D eigenvalue weighted by Gasteiger charge is -1.87. The second kappa shape index (κ2) is 11.5. The Labute approximate surface area is 99.9 Å². The highest BCUT2D eigenvalue weighted by Gasteiger charge is 1.94. The SMILES string of the molecule is C1COCO1.C1COCO1.CC(=O)OC(C)=O. The van der Waals surface area contributed by atoms with Crippen LogP contribution in [0.15, 0.2) is 0 Å². The molecule has 0 unspecified atom stereocenters. The monoisotopic (exact) mass is 250 g/mol. The van der Waals surface area contributed by atoms with E-state index in [1.807, 2.05) is 0 Å². The van der Waals surface area contributed by atoms with Gasteiger partial charge in [-0.2, -0.15) is 0 Å². The Bertz CT molecular complexity index is 171. The molecule has 0 aromatic heterocycles. The molecule has 0 aliphatic carbocycles. The number of ether oxygens (including phenoxy) is 5. The molecule has 0 radical (unpaired) electrons. The summed E-state index contributed by atoms with van der Waals surface area (Å²) in [6.07, 6.45) is 0. The molecule has 0 aromatic rings. The summed E-state index contributed by atoms with van der Waals surface area (Å²) in [4.78, 5) is 19.6. The summed E-state index contributed by atoms with van der Waals surface area (Å²) in [6, 6.07) is 0. The lowest BCUT2D eigenvalue weighted by molar-refractivity contribution is -0.156. The molecule has 7 nitrogen and oxygen atoms in total. The molecule has 0 N–H and O–H groups in total. The standard InChI is InChI=1S/C4H6O3.2C3H6O2/c1-3(5)7-4(2)6;2*1-2-5-3-4-1/h1-2H3;2*1-3H2. The van der Waals surface area contributed by atoms with E-state index in [0.717, 1.165) is 26.4 Å². The van der Waals surface area contributed by atoms with E-state index in [0.29, 0.717) is 13.6 Å². The van der Waals surface area contributed by atoms with Crippen molar-refractivity contribution >= 4 is 11.9 Å². The Kier molecular flexibility index (Phi) is 10.8. The summed E-state index contributed by atoms with van der Waals surface area (Å²) in [5.74, 6) is -1.12. The Balaban J connectivity index is 0.000000229. The van der Waals surface area contributed by atoms with Gasteiger partial charge in [-0.3, -0.25) is 9.59 Å². The summed E-state index contributed by atoms with van der Waals surface area (Å²) < 4.78 is 22.9. The quantitative estimate of drug-likeness (QED) is 0.444. The molecule has 2 saturated heterocycles. The van der Waals surface area contributed by atoms with Crippen molar-refractivity contribution in [1.82, 2.24) is 0 Å². The molecule has 0 atom stereocenters. The highest BCUT2D eigenvalue weighted by Crippen LogP contribution is 1.86. The highest BCUT2D eigenvalue weighted by molar-refractivity contribution is 5.82. The first-order valence-electron chi connectivity index (χ1n) is 5.13. The second-order valence-corrected chi connectivity index (χ2v) is 2.95. The first-order chi connectivity index (χ1) is 8.13. The van der Waals surface area contributed by atoms with Crippen LogP contribution in [0.5, 0.6) is 0 Å². The minimum Gasteiger partial charge on any atom is -0.394 e. The number of carbonyl (C=O) groups excluding carboxylic acids is 2. The summed E-state index contributed by atoms with van der Waals surface area (Å²) in [5, 5.41) is 0. The van der Waals surface area contributed by atoms with Gasteiger partial charge in [0, 0.05) is 13.8 Å². The van der Waals surface area contributed by atoms with Gasteiger partial charge < -0.3 is 23.7 Å². The molecule has 7 heteroatoms. The molecular weight excluding hydrogens is 232 g/mol. The van der Waals surface area contributed by atoms with Gasteiger partial charge in [-0.1, -0.05) is 0 Å². The van der Waals surface area contributed by atoms with Crippen LogP contribution in [0.3, 0.4) is 0 Å². The zero-order valence-electron chi connectivity index (χ0n) is 10.1. The molecule has 100 valence electrons. The number of hydrogen-bond donors (Lipinski definition) is 0. The molecule has 2 heterocycles. The average molecular weight is 250 g/mol. The van der Waals surface area contributed by atoms with Crippen molar-refractivity contribution < 1.29 is 33.3 Å². The third-order valence-corrected chi connectivity index (χ3v) is 1.36. The summed E-state index contributed by atoms with van der Waals surface area (Å²) in [7, 11) is 0. The molecule has 2 aliphatic rings. The van der Waals surface area contributed by atoms with Crippen molar-refractivity contribution in [2.45, 2.75) is 13.8 Å². The van der Waals surface area contributed by atoms with E-state index in [-0.39, 0.29) is 0 Å². The van der Waals surface area contributed by atoms with E-state index >= 15 is 0 Å². The fraction of sp³-hybridized carbons (Fsp3) is 0.800. The molecule has 0 aromatic carbocycles. The van der Waals surface area contributed by atoms with Crippen LogP contribution < -0.4 is 0 Å². The van der Waals surface area contributed by atoms with Gasteiger partial charge in [-0.05, 0) is 0 Å². The maximum atomic E-state index is 9.81. The van der Waals surface area contributed by atoms with E-state index in [9.17, 15) is 9.59 Å². The van der Waals surface area contributed by atoms with E-state index in [2.05, 4.69) is 4.74 Å². The van der Waals surface area contributed by atoms with Crippen molar-refractivity contribution in [3.63, 3.8) is 0 Å². The van der Waals surface area contributed by atoms with Crippen molar-refractivity contribution in [2.24, 2.45) is 0 Å². The van der Waals surface area contributed by atoms with Gasteiger partial charge in [-0.15, -0.1) is 0 Å². The molecule has 0 bridgehead atoms. The molecule has 0 spiro atoms. The van der Waals surface area contributed by atoms with E-state index in [1.165, 1.54) is 13.8 Å². The van der Waals surface area contributed by atoms with Crippen LogP contribution >= 0.6 is 0 Å². The number of hydrogen-bond acceptors (Lipinski definition) is 7. The third kappa shape index (κ3) is 15.0. The third-order valence-electron chi connectivity index (χ3n) is 1.36. The van der Waals surface area contributed by atoms with Crippen LogP contribution in [-0.2, 0) is 33.3 Å². The van der Waals surface area contributed by atoms with Gasteiger partial charge in [0.05, 0.1) is 26.4 Å². The fourth-order valence-electron chi connectivity index (χ4n) is 0.792. The van der Waals surface area contributed by atoms with Crippen molar-refractivity contribution in [2.75, 3.05) is 40.0 Å². The Hall–Kier alpha value is -1.02. The van der Waals surface area contributed by atoms with Gasteiger partial charge in [0.25, 0.3) is 0 Å². The molecule has 0 amide bonds. The Morgan fingerprint density at radius 3 is 1.12 bits per heavy atom. The normalized spacial score (nSPS) is 17.3. The predicted octanol–water partition coefficient (Wildman–Crippen LogP) is 0.0774. The smallest absolute Gasteiger partial charge is 0.310 e. The van der Waals surface area contributed by atoms with E-state index < -0.39 is 11.9 Å². The van der Waals surface area contributed by atoms with Crippen molar-refractivity contribution in [3.8, 4) is 0 Å². The van der Waals surface area contributed by atoms with Crippen LogP contribution in [-0.4, -0.2) is 52.0 Å². The number of rotatable bonds is 0. The summed E-state index contributed by atoms with van der Waals surface area (Å²) in [6.45, 7) is 6.48. The summed E-state index contributed by atoms with van der Waals surface area (Å²) in [5.41, 5.74) is 0. The van der Waals surface area contributed by atoms with Crippen molar-refractivity contribution in [3.05, 3.63) is 0 Å². The highest BCUT2D eigenvalue weighted by atomic mass is 16.7. The fourth-order valence-corrected chi connectivity index (χ4v) is 0.792. The van der Waals surface area contributed by atoms with Gasteiger partial charge in [0.15, 0.2) is 0 Å². The second-order valence-electron chi connectivity index (χ2n) is 2.95.